The van der Waals surface area contributed by atoms with E-state index in [-0.39, 0.29) is 5.91 Å². The zero-order valence-electron chi connectivity index (χ0n) is 14.0. The highest BCUT2D eigenvalue weighted by molar-refractivity contribution is 5.77. The normalized spacial score (nSPS) is 11.6. The molecule has 0 rings (SSSR count). The number of nitrogens with zero attached hydrogens (tertiary/aromatic N) is 2. The molecule has 20 heavy (non-hydrogen) atoms. The topological polar surface area (TPSA) is 47.6 Å². The maximum absolute atomic E-state index is 11.4. The summed E-state index contributed by atoms with van der Waals surface area (Å²) in [5.41, 5.74) is 0. The lowest BCUT2D eigenvalue weighted by Crippen LogP contribution is -2.34. The molecule has 0 aliphatic carbocycles. The van der Waals surface area contributed by atoms with Crippen molar-refractivity contribution in [2.75, 3.05) is 53.9 Å². The number of carbonyl (C=O) groups excluding carboxylic acids is 1. The van der Waals surface area contributed by atoms with Crippen molar-refractivity contribution in [2.45, 2.75) is 39.2 Å². The van der Waals surface area contributed by atoms with E-state index in [4.69, 9.17) is 0 Å². The summed E-state index contributed by atoms with van der Waals surface area (Å²) in [5, 5.41) is 6.37. The van der Waals surface area contributed by atoms with Gasteiger partial charge in [0.05, 0.1) is 6.54 Å². The van der Waals surface area contributed by atoms with Crippen molar-refractivity contribution >= 4 is 5.91 Å². The van der Waals surface area contributed by atoms with E-state index in [2.05, 4.69) is 36.4 Å². The molecule has 0 aliphatic rings. The Hall–Kier alpha value is -0.650. The molecule has 0 heterocycles. The van der Waals surface area contributed by atoms with Crippen molar-refractivity contribution in [3.8, 4) is 0 Å². The van der Waals surface area contributed by atoms with E-state index in [1.165, 1.54) is 6.42 Å². The summed E-state index contributed by atoms with van der Waals surface area (Å²) in [6.45, 7) is 8.93. The number of nitrogens with one attached hydrogen (secondary N) is 2. The second-order valence-corrected chi connectivity index (χ2v) is 6.06. The molecular weight excluding hydrogens is 252 g/mol. The summed E-state index contributed by atoms with van der Waals surface area (Å²) in [4.78, 5) is 15.7. The van der Waals surface area contributed by atoms with Gasteiger partial charge in [-0.3, -0.25) is 4.79 Å². The summed E-state index contributed by atoms with van der Waals surface area (Å²) in [7, 11) is 5.98. The zero-order valence-corrected chi connectivity index (χ0v) is 14.0. The van der Waals surface area contributed by atoms with Crippen LogP contribution in [0, 0.1) is 0 Å². The van der Waals surface area contributed by atoms with Crippen LogP contribution in [0.2, 0.25) is 0 Å². The fourth-order valence-electron chi connectivity index (χ4n) is 1.93. The minimum Gasteiger partial charge on any atom is -0.355 e. The standard InChI is InChI=1S/C15H34N4O/c1-14(2)16-10-8-12-19(5)11-7-6-9-17-15(20)13-18(3)4/h14,16H,6-13H2,1-5H3,(H,17,20). The lowest BCUT2D eigenvalue weighted by atomic mass is 10.2. The molecule has 0 bridgehead atoms. The minimum atomic E-state index is 0.114. The van der Waals surface area contributed by atoms with Crippen molar-refractivity contribution in [1.29, 1.82) is 0 Å². The SMILES string of the molecule is CC(C)NCCCN(C)CCCCNC(=O)CN(C)C. The fourth-order valence-corrected chi connectivity index (χ4v) is 1.93. The van der Waals surface area contributed by atoms with Crippen LogP contribution in [0.1, 0.15) is 33.1 Å². The molecule has 2 N–H and O–H groups in total. The van der Waals surface area contributed by atoms with Crippen LogP contribution in [-0.2, 0) is 4.79 Å². The number of rotatable bonds is 12. The highest BCUT2D eigenvalue weighted by atomic mass is 16.1. The number of hydrogen-bond donors (Lipinski definition) is 2. The van der Waals surface area contributed by atoms with Gasteiger partial charge in [-0.05, 0) is 60.0 Å². The Bertz CT molecular complexity index is 244. The smallest absolute Gasteiger partial charge is 0.234 e. The minimum absolute atomic E-state index is 0.114. The van der Waals surface area contributed by atoms with Gasteiger partial charge < -0.3 is 20.4 Å². The van der Waals surface area contributed by atoms with Gasteiger partial charge in [-0.25, -0.2) is 0 Å². The molecule has 0 spiro atoms. The lowest BCUT2D eigenvalue weighted by molar-refractivity contribution is -0.121. The van der Waals surface area contributed by atoms with Crippen LogP contribution in [0.15, 0.2) is 0 Å². The van der Waals surface area contributed by atoms with Crippen LogP contribution in [0.5, 0.6) is 0 Å². The molecule has 0 aliphatic heterocycles. The van der Waals surface area contributed by atoms with E-state index < -0.39 is 0 Å². The van der Waals surface area contributed by atoms with Crippen molar-refractivity contribution in [2.24, 2.45) is 0 Å². The van der Waals surface area contributed by atoms with Crippen LogP contribution in [0.25, 0.3) is 0 Å². The van der Waals surface area contributed by atoms with Crippen LogP contribution in [0.4, 0.5) is 0 Å². The van der Waals surface area contributed by atoms with E-state index in [9.17, 15) is 4.79 Å². The quantitative estimate of drug-likeness (QED) is 0.520. The average molecular weight is 286 g/mol. The van der Waals surface area contributed by atoms with Crippen molar-refractivity contribution in [3.05, 3.63) is 0 Å². The Labute approximate surface area is 125 Å². The molecule has 0 saturated carbocycles. The maximum atomic E-state index is 11.4. The first-order valence-electron chi connectivity index (χ1n) is 7.75. The molecular formula is C15H34N4O. The summed E-state index contributed by atoms with van der Waals surface area (Å²) in [5.74, 6) is 0.114. The summed E-state index contributed by atoms with van der Waals surface area (Å²) < 4.78 is 0. The monoisotopic (exact) mass is 286 g/mol. The van der Waals surface area contributed by atoms with Crippen molar-refractivity contribution in [3.63, 3.8) is 0 Å². The lowest BCUT2D eigenvalue weighted by Gasteiger charge is -2.17. The first-order chi connectivity index (χ1) is 9.41. The Balaban J connectivity index is 3.35. The zero-order chi connectivity index (χ0) is 15.4. The third-order valence-corrected chi connectivity index (χ3v) is 3.02. The molecule has 1 amide bonds. The van der Waals surface area contributed by atoms with E-state index >= 15 is 0 Å². The van der Waals surface area contributed by atoms with Gasteiger partial charge in [0.25, 0.3) is 0 Å². The summed E-state index contributed by atoms with van der Waals surface area (Å²) in [6.07, 6.45) is 3.37. The predicted molar refractivity (Wildman–Crippen MR) is 86.1 cm³/mol. The molecule has 0 saturated heterocycles. The molecule has 5 nitrogen and oxygen atoms in total. The van der Waals surface area contributed by atoms with Crippen LogP contribution >= 0.6 is 0 Å². The van der Waals surface area contributed by atoms with Gasteiger partial charge in [0, 0.05) is 12.6 Å². The molecule has 0 radical (unpaired) electrons. The first kappa shape index (κ1) is 19.4. The van der Waals surface area contributed by atoms with Crippen molar-refractivity contribution in [1.82, 2.24) is 20.4 Å². The Morgan fingerprint density at radius 2 is 1.65 bits per heavy atom. The van der Waals surface area contributed by atoms with Gasteiger partial charge >= 0.3 is 0 Å². The third kappa shape index (κ3) is 13.8. The van der Waals surface area contributed by atoms with Crippen molar-refractivity contribution < 1.29 is 4.79 Å². The molecule has 0 aromatic rings. The van der Waals surface area contributed by atoms with E-state index in [0.29, 0.717) is 12.6 Å². The Kier molecular flexibility index (Phi) is 11.7. The van der Waals surface area contributed by atoms with Crippen LogP contribution in [0.3, 0.4) is 0 Å². The molecule has 0 unspecified atom stereocenters. The number of carbonyl (C=O) groups is 1. The van der Waals surface area contributed by atoms with E-state index in [0.717, 1.165) is 39.0 Å². The highest BCUT2D eigenvalue weighted by Gasteiger charge is 2.02. The second kappa shape index (κ2) is 12.1. The predicted octanol–water partition coefficient (Wildman–Crippen LogP) is 0.764. The van der Waals surface area contributed by atoms with Gasteiger partial charge in [0.15, 0.2) is 0 Å². The molecule has 0 atom stereocenters. The highest BCUT2D eigenvalue weighted by Crippen LogP contribution is 1.94. The molecule has 120 valence electrons. The van der Waals surface area contributed by atoms with E-state index in [1.54, 1.807) is 0 Å². The van der Waals surface area contributed by atoms with Crippen LogP contribution < -0.4 is 10.6 Å². The van der Waals surface area contributed by atoms with Gasteiger partial charge in [0.1, 0.15) is 0 Å². The maximum Gasteiger partial charge on any atom is 0.234 e. The average Bonchev–Trinajstić information content (AvgIpc) is 2.33. The Morgan fingerprint density at radius 3 is 2.25 bits per heavy atom. The first-order valence-corrected chi connectivity index (χ1v) is 7.75. The largest absolute Gasteiger partial charge is 0.355 e. The number of hydrogen-bond acceptors (Lipinski definition) is 4. The third-order valence-electron chi connectivity index (χ3n) is 3.02. The van der Waals surface area contributed by atoms with Gasteiger partial charge in [-0.2, -0.15) is 0 Å². The number of amides is 1. The molecule has 0 aromatic carbocycles. The number of unbranched alkanes of at least 4 members (excludes halogenated alkanes) is 1. The molecule has 0 fully saturated rings. The fraction of sp³-hybridized carbons (Fsp3) is 0.933. The molecule has 5 heteroatoms. The Morgan fingerprint density at radius 1 is 1.00 bits per heavy atom. The molecule has 0 aromatic heterocycles. The summed E-state index contributed by atoms with van der Waals surface area (Å²) in [6, 6.07) is 0.575. The number of likely N-dealkylation sites (N-methyl/N-ethyl adjacent to an activating group) is 1. The second-order valence-electron chi connectivity index (χ2n) is 6.06. The van der Waals surface area contributed by atoms with Gasteiger partial charge in [0.2, 0.25) is 5.91 Å². The van der Waals surface area contributed by atoms with Crippen LogP contribution in [-0.4, -0.2) is 75.6 Å². The van der Waals surface area contributed by atoms with Gasteiger partial charge in [-0.1, -0.05) is 13.8 Å². The summed E-state index contributed by atoms with van der Waals surface area (Å²) >= 11 is 0. The van der Waals surface area contributed by atoms with Gasteiger partial charge in [-0.15, -0.1) is 0 Å². The van der Waals surface area contributed by atoms with E-state index in [1.807, 2.05) is 19.0 Å².